The van der Waals surface area contributed by atoms with E-state index < -0.39 is 10.0 Å². The first kappa shape index (κ1) is 23.1. The summed E-state index contributed by atoms with van der Waals surface area (Å²) in [5.41, 5.74) is 4.99. The number of nitrogens with zero attached hydrogens (tertiary/aromatic N) is 3. The van der Waals surface area contributed by atoms with Crippen LogP contribution in [-0.4, -0.2) is 29.8 Å². The van der Waals surface area contributed by atoms with Crippen LogP contribution >= 0.6 is 0 Å². The molecule has 0 aliphatic carbocycles. The highest BCUT2D eigenvalue weighted by Gasteiger charge is 2.12. The Bertz CT molecular complexity index is 1500. The summed E-state index contributed by atoms with van der Waals surface area (Å²) in [4.78, 5) is 12.2. The van der Waals surface area contributed by atoms with E-state index in [0.717, 1.165) is 51.7 Å². The summed E-state index contributed by atoms with van der Waals surface area (Å²) in [6.07, 6.45) is 0.756. The lowest BCUT2D eigenvalue weighted by Crippen LogP contribution is -2.26. The number of hydrogen-bond donors (Lipinski definition) is 1. The summed E-state index contributed by atoms with van der Waals surface area (Å²) in [5.74, 6) is 0. The number of benzene rings is 3. The molecule has 2 aromatic heterocycles. The lowest BCUT2D eigenvalue weighted by Gasteiger charge is -2.22. The summed E-state index contributed by atoms with van der Waals surface area (Å²) in [5, 5.41) is 7.47. The van der Waals surface area contributed by atoms with Crippen molar-refractivity contribution in [2.75, 3.05) is 6.54 Å². The summed E-state index contributed by atoms with van der Waals surface area (Å²) in [7, 11) is -3.70. The number of primary sulfonamides is 1. The van der Waals surface area contributed by atoms with Crippen molar-refractivity contribution in [2.24, 2.45) is 5.14 Å². The zero-order valence-electron chi connectivity index (χ0n) is 19.2. The highest BCUT2D eigenvalue weighted by Crippen LogP contribution is 2.17. The fourth-order valence-corrected chi connectivity index (χ4v) is 4.71. The number of rotatable bonds is 8. The van der Waals surface area contributed by atoms with Crippen LogP contribution in [0, 0.1) is 0 Å². The molecule has 35 heavy (non-hydrogen) atoms. The molecule has 176 valence electrons. The monoisotopic (exact) mass is 482 g/mol. The Morgan fingerprint density at radius 1 is 0.657 bits per heavy atom. The van der Waals surface area contributed by atoms with E-state index in [4.69, 9.17) is 15.1 Å². The average molecular weight is 483 g/mol. The van der Waals surface area contributed by atoms with Crippen molar-refractivity contribution in [1.29, 1.82) is 0 Å². The van der Waals surface area contributed by atoms with Crippen molar-refractivity contribution in [2.45, 2.75) is 24.4 Å². The second-order valence-electron chi connectivity index (χ2n) is 8.64. The highest BCUT2D eigenvalue weighted by molar-refractivity contribution is 7.89. The number of fused-ring (bicyclic) bond motifs is 2. The van der Waals surface area contributed by atoms with Gasteiger partial charge in [-0.1, -0.05) is 60.7 Å². The third-order valence-corrected chi connectivity index (χ3v) is 6.98. The predicted molar refractivity (Wildman–Crippen MR) is 139 cm³/mol. The van der Waals surface area contributed by atoms with Crippen LogP contribution in [0.1, 0.15) is 17.0 Å². The third-order valence-electron chi connectivity index (χ3n) is 6.05. The van der Waals surface area contributed by atoms with Crippen molar-refractivity contribution in [3.05, 3.63) is 114 Å². The molecular formula is C28H26N4O2S. The summed E-state index contributed by atoms with van der Waals surface area (Å²) >= 11 is 0. The molecule has 2 heterocycles. The van der Waals surface area contributed by atoms with Crippen molar-refractivity contribution >= 4 is 31.8 Å². The zero-order valence-corrected chi connectivity index (χ0v) is 20.0. The molecule has 0 bridgehead atoms. The highest BCUT2D eigenvalue weighted by atomic mass is 32.2. The third kappa shape index (κ3) is 5.71. The quantitative estimate of drug-likeness (QED) is 0.347. The maximum atomic E-state index is 11.6. The number of pyridine rings is 2. The van der Waals surface area contributed by atoms with E-state index in [1.54, 1.807) is 12.1 Å². The van der Waals surface area contributed by atoms with Crippen LogP contribution in [0.5, 0.6) is 0 Å². The molecule has 7 heteroatoms. The molecule has 0 atom stereocenters. The van der Waals surface area contributed by atoms with Crippen LogP contribution in [0.25, 0.3) is 21.8 Å². The molecule has 5 rings (SSSR count). The van der Waals surface area contributed by atoms with E-state index >= 15 is 0 Å². The van der Waals surface area contributed by atoms with Crippen LogP contribution in [0.15, 0.2) is 102 Å². The summed E-state index contributed by atoms with van der Waals surface area (Å²) in [6.45, 7) is 2.11. The molecular weight excluding hydrogens is 456 g/mol. The van der Waals surface area contributed by atoms with E-state index in [2.05, 4.69) is 41.3 Å². The Morgan fingerprint density at radius 2 is 1.17 bits per heavy atom. The smallest absolute Gasteiger partial charge is 0.238 e. The van der Waals surface area contributed by atoms with Crippen LogP contribution in [0.2, 0.25) is 0 Å². The topological polar surface area (TPSA) is 89.2 Å². The number of sulfonamides is 1. The van der Waals surface area contributed by atoms with Crippen molar-refractivity contribution in [3.8, 4) is 0 Å². The van der Waals surface area contributed by atoms with Gasteiger partial charge in [0.25, 0.3) is 0 Å². The molecule has 0 spiro atoms. The summed E-state index contributed by atoms with van der Waals surface area (Å²) < 4.78 is 23.1. The summed E-state index contributed by atoms with van der Waals surface area (Å²) in [6, 6.07) is 31.3. The van der Waals surface area contributed by atoms with Crippen LogP contribution in [-0.2, 0) is 29.5 Å². The van der Waals surface area contributed by atoms with Crippen molar-refractivity contribution in [1.82, 2.24) is 14.9 Å². The number of hydrogen-bond acceptors (Lipinski definition) is 5. The maximum Gasteiger partial charge on any atom is 0.238 e. The van der Waals surface area contributed by atoms with Gasteiger partial charge in [0.2, 0.25) is 10.0 Å². The zero-order chi connectivity index (χ0) is 24.3. The molecule has 2 N–H and O–H groups in total. The van der Waals surface area contributed by atoms with Gasteiger partial charge >= 0.3 is 0 Å². The van der Waals surface area contributed by atoms with Gasteiger partial charge in [0.05, 0.1) is 27.3 Å². The van der Waals surface area contributed by atoms with Crippen LogP contribution < -0.4 is 5.14 Å². The largest absolute Gasteiger partial charge is 0.291 e. The van der Waals surface area contributed by atoms with E-state index in [0.29, 0.717) is 13.1 Å². The minimum absolute atomic E-state index is 0.124. The first-order chi connectivity index (χ1) is 16.9. The molecule has 0 saturated heterocycles. The van der Waals surface area contributed by atoms with Crippen LogP contribution in [0.3, 0.4) is 0 Å². The Morgan fingerprint density at radius 3 is 1.69 bits per heavy atom. The van der Waals surface area contributed by atoms with Crippen molar-refractivity contribution < 1.29 is 8.42 Å². The Hall–Kier alpha value is -3.65. The van der Waals surface area contributed by atoms with Gasteiger partial charge < -0.3 is 0 Å². The van der Waals surface area contributed by atoms with Gasteiger partial charge in [-0.3, -0.25) is 14.9 Å². The van der Waals surface area contributed by atoms with E-state index in [-0.39, 0.29) is 4.90 Å². The SMILES string of the molecule is NS(=O)(=O)c1ccc(CCN(Cc2ccc3ccccc3n2)Cc2ccc3ccccc3n2)cc1. The molecule has 0 aliphatic heterocycles. The van der Waals surface area contributed by atoms with E-state index in [1.807, 2.05) is 48.5 Å². The molecule has 0 radical (unpaired) electrons. The maximum absolute atomic E-state index is 11.6. The lowest BCUT2D eigenvalue weighted by atomic mass is 10.1. The minimum atomic E-state index is -3.70. The second kappa shape index (κ2) is 9.92. The second-order valence-corrected chi connectivity index (χ2v) is 10.2. The molecule has 0 unspecified atom stereocenters. The Labute approximate surface area is 205 Å². The number of aromatic nitrogens is 2. The standard InChI is InChI=1S/C28H26N4O2S/c29-35(33,34)26-15-9-21(10-16-26)17-18-32(19-24-13-11-22-5-1-3-7-27(22)30-24)20-25-14-12-23-6-2-4-8-28(23)31-25/h1-16H,17-20H2,(H2,29,33,34). The van der Waals surface area contributed by atoms with Gasteiger partial charge in [0.1, 0.15) is 0 Å². The van der Waals surface area contributed by atoms with E-state index in [1.165, 1.54) is 0 Å². The normalized spacial score (nSPS) is 11.9. The fourth-order valence-electron chi connectivity index (χ4n) is 4.20. The fraction of sp³-hybridized carbons (Fsp3) is 0.143. The average Bonchev–Trinajstić information content (AvgIpc) is 2.87. The van der Waals surface area contributed by atoms with Gasteiger partial charge in [0.15, 0.2) is 0 Å². The number of para-hydroxylation sites is 2. The molecule has 0 saturated carbocycles. The van der Waals surface area contributed by atoms with Gasteiger partial charge in [-0.05, 0) is 48.4 Å². The van der Waals surface area contributed by atoms with E-state index in [9.17, 15) is 8.42 Å². The van der Waals surface area contributed by atoms with Gasteiger partial charge in [-0.15, -0.1) is 0 Å². The van der Waals surface area contributed by atoms with Gasteiger partial charge in [-0.2, -0.15) is 0 Å². The first-order valence-electron chi connectivity index (χ1n) is 11.5. The van der Waals surface area contributed by atoms with Gasteiger partial charge in [0, 0.05) is 30.4 Å². The Balaban J connectivity index is 1.38. The van der Waals surface area contributed by atoms with Gasteiger partial charge in [-0.25, -0.2) is 13.6 Å². The minimum Gasteiger partial charge on any atom is -0.291 e. The molecule has 0 amide bonds. The molecule has 5 aromatic rings. The predicted octanol–water partition coefficient (Wildman–Crippen LogP) is 4.68. The van der Waals surface area contributed by atoms with Crippen LogP contribution in [0.4, 0.5) is 0 Å². The Kier molecular flexibility index (Phi) is 6.55. The number of nitrogens with two attached hydrogens (primary N) is 1. The molecule has 0 aliphatic rings. The molecule has 3 aromatic carbocycles. The lowest BCUT2D eigenvalue weighted by molar-refractivity contribution is 0.254. The molecule has 6 nitrogen and oxygen atoms in total. The van der Waals surface area contributed by atoms with Crippen molar-refractivity contribution in [3.63, 3.8) is 0 Å². The first-order valence-corrected chi connectivity index (χ1v) is 13.0. The molecule has 0 fully saturated rings.